The average Bonchev–Trinajstić information content (AvgIpc) is 2.83. The molecule has 0 aromatic heterocycles. The fourth-order valence-corrected chi connectivity index (χ4v) is 4.69. The number of ether oxygens (including phenoxy) is 2. The molecule has 0 saturated carbocycles. The summed E-state index contributed by atoms with van der Waals surface area (Å²) in [5.74, 6) is -1.03. The molecule has 2 aromatic rings. The minimum absolute atomic E-state index is 0.0139. The van der Waals surface area contributed by atoms with Crippen molar-refractivity contribution in [3.05, 3.63) is 47.8 Å². The van der Waals surface area contributed by atoms with Crippen molar-refractivity contribution in [3.63, 3.8) is 0 Å². The Bertz CT molecular complexity index is 1020. The fraction of sp³-hybridized carbons (Fsp3) is 0.536. The van der Waals surface area contributed by atoms with Crippen LogP contribution in [0.4, 0.5) is 21.5 Å². The van der Waals surface area contributed by atoms with Gasteiger partial charge in [0.25, 0.3) is 0 Å². The molecule has 3 rings (SSSR count). The molecule has 2 aromatic carbocycles. The van der Waals surface area contributed by atoms with Crippen molar-refractivity contribution < 1.29 is 28.9 Å². The zero-order chi connectivity index (χ0) is 26.3. The second-order valence-corrected chi connectivity index (χ2v) is 9.96. The first-order chi connectivity index (χ1) is 17.1. The highest BCUT2D eigenvalue weighted by Gasteiger charge is 2.29. The monoisotopic (exact) mass is 502 g/mol. The first-order valence-corrected chi connectivity index (χ1v) is 12.7. The highest BCUT2D eigenvalue weighted by Crippen LogP contribution is 2.38. The van der Waals surface area contributed by atoms with E-state index in [1.165, 1.54) is 6.07 Å². The Kier molecular flexibility index (Phi) is 9.56. The minimum atomic E-state index is -0.964. The van der Waals surface area contributed by atoms with E-state index in [-0.39, 0.29) is 18.4 Å². The van der Waals surface area contributed by atoms with E-state index in [1.807, 2.05) is 32.0 Å². The van der Waals surface area contributed by atoms with Gasteiger partial charge in [0.1, 0.15) is 11.6 Å². The molecule has 1 aliphatic rings. The zero-order valence-corrected chi connectivity index (χ0v) is 21.7. The van der Waals surface area contributed by atoms with Gasteiger partial charge in [-0.3, -0.25) is 4.79 Å². The van der Waals surface area contributed by atoms with E-state index in [0.717, 1.165) is 24.1 Å². The Hall–Kier alpha value is -2.84. The number of anilines is 3. The van der Waals surface area contributed by atoms with Gasteiger partial charge in [0.15, 0.2) is 0 Å². The lowest BCUT2D eigenvalue weighted by atomic mass is 9.92. The van der Waals surface area contributed by atoms with Crippen LogP contribution < -0.4 is 15.0 Å². The van der Waals surface area contributed by atoms with E-state index < -0.39 is 17.4 Å². The summed E-state index contributed by atoms with van der Waals surface area (Å²) in [6.45, 7) is 9.44. The summed E-state index contributed by atoms with van der Waals surface area (Å²) in [6, 6.07) is 10.7. The Morgan fingerprint density at radius 2 is 1.92 bits per heavy atom. The summed E-state index contributed by atoms with van der Waals surface area (Å²) in [5.41, 5.74) is 1.68. The van der Waals surface area contributed by atoms with Crippen molar-refractivity contribution in [2.24, 2.45) is 0 Å². The number of carbonyl (C=O) groups is 1. The van der Waals surface area contributed by atoms with Gasteiger partial charge in [0, 0.05) is 31.9 Å². The van der Waals surface area contributed by atoms with Crippen LogP contribution >= 0.6 is 0 Å². The van der Waals surface area contributed by atoms with Crippen LogP contribution in [0, 0.1) is 5.82 Å². The summed E-state index contributed by atoms with van der Waals surface area (Å²) >= 11 is 0. The van der Waals surface area contributed by atoms with Crippen molar-refractivity contribution in [2.75, 3.05) is 36.6 Å². The standard InChI is InChI=1S/C28H39FN2O5/c1-5-19(16-27(32)33)20-7-10-26(31(18-28(3,4)34)21-11-13-35-14-12-21)25(15-20)30-24-9-8-22(36-6-2)17-23(24)29/h7-10,15,17,19,21,30,34H,5-6,11-14,16,18H2,1-4H3,(H,32,33)/t19-/m1/s1. The van der Waals surface area contributed by atoms with Gasteiger partial charge >= 0.3 is 5.97 Å². The lowest BCUT2D eigenvalue weighted by molar-refractivity contribution is -0.137. The number of rotatable bonds is 12. The quantitative estimate of drug-likeness (QED) is 0.343. The number of hydrogen-bond acceptors (Lipinski definition) is 6. The van der Waals surface area contributed by atoms with Crippen molar-refractivity contribution in [2.45, 2.75) is 70.9 Å². The molecule has 7 nitrogen and oxygen atoms in total. The van der Waals surface area contributed by atoms with E-state index in [4.69, 9.17) is 9.47 Å². The van der Waals surface area contributed by atoms with Gasteiger partial charge in [0.05, 0.1) is 35.7 Å². The van der Waals surface area contributed by atoms with Crippen LogP contribution in [-0.2, 0) is 9.53 Å². The third-order valence-corrected chi connectivity index (χ3v) is 6.43. The maximum Gasteiger partial charge on any atom is 0.303 e. The second-order valence-electron chi connectivity index (χ2n) is 9.96. The number of halogens is 1. The Labute approximate surface area is 213 Å². The summed E-state index contributed by atoms with van der Waals surface area (Å²) in [5, 5.41) is 23.4. The molecule has 0 radical (unpaired) electrons. The first-order valence-electron chi connectivity index (χ1n) is 12.7. The van der Waals surface area contributed by atoms with Gasteiger partial charge in [-0.25, -0.2) is 4.39 Å². The number of nitrogens with one attached hydrogen (secondary N) is 1. The highest BCUT2D eigenvalue weighted by atomic mass is 19.1. The van der Waals surface area contributed by atoms with E-state index in [9.17, 15) is 15.0 Å². The fourth-order valence-electron chi connectivity index (χ4n) is 4.69. The van der Waals surface area contributed by atoms with E-state index in [2.05, 4.69) is 10.2 Å². The summed E-state index contributed by atoms with van der Waals surface area (Å²) in [6.07, 6.45) is 2.30. The minimum Gasteiger partial charge on any atom is -0.494 e. The number of hydrogen-bond donors (Lipinski definition) is 3. The molecule has 0 amide bonds. The molecule has 1 saturated heterocycles. The van der Waals surface area contributed by atoms with Gasteiger partial charge in [-0.1, -0.05) is 13.0 Å². The zero-order valence-electron chi connectivity index (χ0n) is 21.7. The second kappa shape index (κ2) is 12.4. The Balaban J connectivity index is 2.08. The molecule has 0 aliphatic carbocycles. The molecule has 8 heteroatoms. The van der Waals surface area contributed by atoms with Crippen LogP contribution in [0.5, 0.6) is 5.75 Å². The number of benzene rings is 2. The van der Waals surface area contributed by atoms with E-state index in [1.54, 1.807) is 26.0 Å². The molecule has 0 bridgehead atoms. The molecule has 0 unspecified atom stereocenters. The molecule has 0 spiro atoms. The largest absolute Gasteiger partial charge is 0.494 e. The van der Waals surface area contributed by atoms with Gasteiger partial charge in [-0.15, -0.1) is 0 Å². The topological polar surface area (TPSA) is 91.3 Å². The number of aliphatic carboxylic acids is 1. The number of aliphatic hydroxyl groups is 1. The number of carboxylic acid groups (broad SMARTS) is 1. The van der Waals surface area contributed by atoms with Crippen LogP contribution in [0.1, 0.15) is 64.9 Å². The molecular formula is C28H39FN2O5. The molecule has 1 aliphatic heterocycles. The Morgan fingerprint density at radius 1 is 1.19 bits per heavy atom. The molecule has 1 atom stereocenters. The molecule has 3 N–H and O–H groups in total. The van der Waals surface area contributed by atoms with Gasteiger partial charge in [-0.2, -0.15) is 0 Å². The smallest absolute Gasteiger partial charge is 0.303 e. The van der Waals surface area contributed by atoms with Crippen molar-refractivity contribution in [1.29, 1.82) is 0 Å². The highest BCUT2D eigenvalue weighted by molar-refractivity contribution is 5.77. The van der Waals surface area contributed by atoms with E-state index in [0.29, 0.717) is 49.9 Å². The lowest BCUT2D eigenvalue weighted by Gasteiger charge is -2.40. The summed E-state index contributed by atoms with van der Waals surface area (Å²) in [4.78, 5) is 13.6. The molecular weight excluding hydrogens is 463 g/mol. The Morgan fingerprint density at radius 3 is 2.50 bits per heavy atom. The third kappa shape index (κ3) is 7.58. The maximum atomic E-state index is 15.0. The summed E-state index contributed by atoms with van der Waals surface area (Å²) < 4.78 is 26.0. The van der Waals surface area contributed by atoms with Crippen LogP contribution in [0.2, 0.25) is 0 Å². The molecule has 36 heavy (non-hydrogen) atoms. The van der Waals surface area contributed by atoms with Crippen molar-refractivity contribution >= 4 is 23.0 Å². The van der Waals surface area contributed by atoms with Crippen LogP contribution in [0.15, 0.2) is 36.4 Å². The number of nitrogens with zero attached hydrogens (tertiary/aromatic N) is 1. The van der Waals surface area contributed by atoms with Crippen molar-refractivity contribution in [3.8, 4) is 5.75 Å². The normalized spacial score (nSPS) is 15.4. The lowest BCUT2D eigenvalue weighted by Crippen LogP contribution is -2.47. The molecule has 1 fully saturated rings. The molecule has 198 valence electrons. The maximum absolute atomic E-state index is 15.0. The summed E-state index contributed by atoms with van der Waals surface area (Å²) in [7, 11) is 0. The molecule has 1 heterocycles. The van der Waals surface area contributed by atoms with Gasteiger partial charge in [-0.05, 0) is 75.8 Å². The first kappa shape index (κ1) is 27.7. The van der Waals surface area contributed by atoms with Crippen LogP contribution in [0.3, 0.4) is 0 Å². The van der Waals surface area contributed by atoms with Gasteiger partial charge < -0.3 is 29.9 Å². The third-order valence-electron chi connectivity index (χ3n) is 6.43. The average molecular weight is 503 g/mol. The van der Waals surface area contributed by atoms with Crippen LogP contribution in [0.25, 0.3) is 0 Å². The predicted octanol–water partition coefficient (Wildman–Crippen LogP) is 5.69. The van der Waals surface area contributed by atoms with Crippen molar-refractivity contribution in [1.82, 2.24) is 0 Å². The number of carboxylic acids is 1. The van der Waals surface area contributed by atoms with Gasteiger partial charge in [0.2, 0.25) is 0 Å². The van der Waals surface area contributed by atoms with Crippen LogP contribution in [-0.4, -0.2) is 54.2 Å². The SMILES string of the molecule is CCOc1ccc(Nc2cc([C@H](CC)CC(=O)O)ccc2N(CC(C)(C)O)C2CCOCC2)c(F)c1. The predicted molar refractivity (Wildman–Crippen MR) is 140 cm³/mol. The van der Waals surface area contributed by atoms with E-state index >= 15 is 4.39 Å².